The van der Waals surface area contributed by atoms with E-state index in [0.29, 0.717) is 0 Å². The molecular weight excluding hydrogens is 220 g/mol. The van der Waals surface area contributed by atoms with Crippen LogP contribution in [0, 0.1) is 6.92 Å². The van der Waals surface area contributed by atoms with Crippen LogP contribution in [0.3, 0.4) is 0 Å². The van der Waals surface area contributed by atoms with E-state index >= 15 is 0 Å². The largest absolute Gasteiger partial charge is 0.373 e. The molecule has 0 saturated heterocycles. The molecule has 2 aromatic rings. The summed E-state index contributed by atoms with van der Waals surface area (Å²) in [6.45, 7) is 4.16. The van der Waals surface area contributed by atoms with Gasteiger partial charge in [-0.25, -0.2) is 4.98 Å². The summed E-state index contributed by atoms with van der Waals surface area (Å²) >= 11 is 6.05. The molecule has 2 nitrogen and oxygen atoms in total. The third-order valence-electron chi connectivity index (χ3n) is 2.77. The normalized spacial score (nSPS) is 10.8. The third kappa shape index (κ3) is 1.85. The molecule has 2 rings (SSSR count). The first-order chi connectivity index (χ1) is 7.65. The fourth-order valence-electron chi connectivity index (χ4n) is 1.95. The summed E-state index contributed by atoms with van der Waals surface area (Å²) < 4.78 is 0. The summed E-state index contributed by atoms with van der Waals surface area (Å²) in [5.74, 6) is 0.959. The molecule has 1 N–H and O–H groups in total. The van der Waals surface area contributed by atoms with Crippen molar-refractivity contribution in [1.82, 2.24) is 4.98 Å². The molecule has 3 heteroatoms. The zero-order valence-electron chi connectivity index (χ0n) is 9.76. The van der Waals surface area contributed by atoms with Gasteiger partial charge in [0.05, 0.1) is 5.52 Å². The smallest absolute Gasteiger partial charge is 0.129 e. The zero-order chi connectivity index (χ0) is 11.7. The van der Waals surface area contributed by atoms with Crippen LogP contribution < -0.4 is 5.32 Å². The Kier molecular flexibility index (Phi) is 3.01. The molecule has 0 bridgehead atoms. The number of anilines is 1. The van der Waals surface area contributed by atoms with Gasteiger partial charge < -0.3 is 5.32 Å². The summed E-state index contributed by atoms with van der Waals surface area (Å²) in [6, 6.07) is 6.07. The first kappa shape index (κ1) is 11.2. The van der Waals surface area contributed by atoms with E-state index in [2.05, 4.69) is 23.3 Å². The summed E-state index contributed by atoms with van der Waals surface area (Å²) in [4.78, 5) is 4.64. The van der Waals surface area contributed by atoms with Gasteiger partial charge in [0.1, 0.15) is 5.82 Å². The molecule has 0 saturated carbocycles. The lowest BCUT2D eigenvalue weighted by atomic mass is 10.1. The van der Waals surface area contributed by atoms with Crippen molar-refractivity contribution in [2.75, 3.05) is 12.4 Å². The minimum absolute atomic E-state index is 0.770. The van der Waals surface area contributed by atoms with E-state index in [1.54, 1.807) is 0 Å². The number of benzene rings is 1. The molecule has 1 aromatic carbocycles. The van der Waals surface area contributed by atoms with Gasteiger partial charge in [-0.2, -0.15) is 0 Å². The average Bonchev–Trinajstić information content (AvgIpc) is 2.27. The molecule has 0 unspecified atom stereocenters. The number of fused-ring (bicyclic) bond motifs is 1. The third-order valence-corrected chi connectivity index (χ3v) is 2.99. The van der Waals surface area contributed by atoms with Gasteiger partial charge in [-0.15, -0.1) is 0 Å². The Hall–Kier alpha value is -1.28. The highest BCUT2D eigenvalue weighted by Gasteiger charge is 2.06. The number of hydrogen-bond donors (Lipinski definition) is 1. The van der Waals surface area contributed by atoms with E-state index in [1.807, 2.05) is 26.1 Å². The molecule has 1 heterocycles. The van der Waals surface area contributed by atoms with Crippen LogP contribution in [-0.2, 0) is 6.42 Å². The summed E-state index contributed by atoms with van der Waals surface area (Å²) in [5, 5.41) is 5.02. The number of nitrogens with one attached hydrogen (secondary N) is 1. The first-order valence-electron chi connectivity index (χ1n) is 5.43. The van der Waals surface area contributed by atoms with E-state index < -0.39 is 0 Å². The lowest BCUT2D eigenvalue weighted by Crippen LogP contribution is -1.99. The fraction of sp³-hybridized carbons (Fsp3) is 0.308. The number of hydrogen-bond acceptors (Lipinski definition) is 2. The molecule has 84 valence electrons. The second-order valence-electron chi connectivity index (χ2n) is 3.89. The number of halogens is 1. The Bertz CT molecular complexity index is 535. The zero-order valence-corrected chi connectivity index (χ0v) is 10.5. The highest BCUT2D eigenvalue weighted by Crippen LogP contribution is 2.26. The monoisotopic (exact) mass is 234 g/mol. The van der Waals surface area contributed by atoms with Crippen LogP contribution in [0.25, 0.3) is 10.9 Å². The summed E-state index contributed by atoms with van der Waals surface area (Å²) in [7, 11) is 1.90. The molecule has 0 atom stereocenters. The second kappa shape index (κ2) is 4.30. The molecule has 0 spiro atoms. The van der Waals surface area contributed by atoms with Crippen molar-refractivity contribution in [3.63, 3.8) is 0 Å². The summed E-state index contributed by atoms with van der Waals surface area (Å²) in [6.07, 6.45) is 0.963. The van der Waals surface area contributed by atoms with Crippen molar-refractivity contribution < 1.29 is 0 Å². The van der Waals surface area contributed by atoms with E-state index in [4.69, 9.17) is 11.6 Å². The Morgan fingerprint density at radius 1 is 1.31 bits per heavy atom. The van der Waals surface area contributed by atoms with E-state index in [9.17, 15) is 0 Å². The number of pyridine rings is 1. The molecule has 0 radical (unpaired) electrons. The van der Waals surface area contributed by atoms with Gasteiger partial charge in [-0.1, -0.05) is 18.5 Å². The van der Waals surface area contributed by atoms with Crippen LogP contribution in [0.2, 0.25) is 5.02 Å². The maximum atomic E-state index is 6.05. The standard InChI is InChI=1S/C13H15ClN2/c1-4-9-6-10-7-11(14)5-8(2)12(10)16-13(9)15-3/h5-7H,4H2,1-3H3,(H,15,16). The second-order valence-corrected chi connectivity index (χ2v) is 4.33. The molecular formula is C13H15ClN2. The van der Waals surface area contributed by atoms with Crippen LogP contribution in [-0.4, -0.2) is 12.0 Å². The number of rotatable bonds is 2. The molecule has 0 fully saturated rings. The van der Waals surface area contributed by atoms with Crippen molar-refractivity contribution in [2.24, 2.45) is 0 Å². The minimum Gasteiger partial charge on any atom is -0.373 e. The average molecular weight is 235 g/mol. The predicted octanol–water partition coefficient (Wildman–Crippen LogP) is 3.80. The SMILES string of the molecule is CCc1cc2cc(Cl)cc(C)c2nc1NC. The maximum Gasteiger partial charge on any atom is 0.129 e. The van der Waals surface area contributed by atoms with Gasteiger partial charge in [0.25, 0.3) is 0 Å². The highest BCUT2D eigenvalue weighted by atomic mass is 35.5. The highest BCUT2D eigenvalue weighted by molar-refractivity contribution is 6.31. The maximum absolute atomic E-state index is 6.05. The van der Waals surface area contributed by atoms with Gasteiger partial charge in [0.2, 0.25) is 0 Å². The lowest BCUT2D eigenvalue weighted by Gasteiger charge is -2.10. The molecule has 0 aliphatic carbocycles. The first-order valence-corrected chi connectivity index (χ1v) is 5.81. The van der Waals surface area contributed by atoms with Gasteiger partial charge >= 0.3 is 0 Å². The fourth-order valence-corrected chi connectivity index (χ4v) is 2.23. The van der Waals surface area contributed by atoms with E-state index in [0.717, 1.165) is 33.7 Å². The number of aryl methyl sites for hydroxylation is 2. The number of nitrogens with zero attached hydrogens (tertiary/aromatic N) is 1. The van der Waals surface area contributed by atoms with Gasteiger partial charge in [-0.05, 0) is 42.7 Å². The van der Waals surface area contributed by atoms with Gasteiger partial charge in [0.15, 0.2) is 0 Å². The molecule has 0 aliphatic rings. The van der Waals surface area contributed by atoms with Crippen LogP contribution in [0.5, 0.6) is 0 Å². The lowest BCUT2D eigenvalue weighted by molar-refractivity contribution is 1.11. The summed E-state index contributed by atoms with van der Waals surface area (Å²) in [5.41, 5.74) is 3.35. The van der Waals surface area contributed by atoms with Gasteiger partial charge in [0, 0.05) is 17.5 Å². The van der Waals surface area contributed by atoms with Crippen molar-refractivity contribution in [1.29, 1.82) is 0 Å². The van der Waals surface area contributed by atoms with E-state index in [-0.39, 0.29) is 0 Å². The van der Waals surface area contributed by atoms with E-state index in [1.165, 1.54) is 5.56 Å². The van der Waals surface area contributed by atoms with Crippen LogP contribution in [0.1, 0.15) is 18.1 Å². The van der Waals surface area contributed by atoms with Gasteiger partial charge in [-0.3, -0.25) is 0 Å². The van der Waals surface area contributed by atoms with Crippen LogP contribution in [0.4, 0.5) is 5.82 Å². The minimum atomic E-state index is 0.770. The molecule has 1 aromatic heterocycles. The Morgan fingerprint density at radius 3 is 2.69 bits per heavy atom. The molecule has 0 amide bonds. The quantitative estimate of drug-likeness (QED) is 0.855. The van der Waals surface area contributed by atoms with Crippen molar-refractivity contribution in [3.05, 3.63) is 34.3 Å². The van der Waals surface area contributed by atoms with Crippen LogP contribution in [0.15, 0.2) is 18.2 Å². The molecule has 0 aliphatic heterocycles. The Balaban J connectivity index is 2.78. The van der Waals surface area contributed by atoms with Crippen molar-refractivity contribution >= 4 is 28.3 Å². The predicted molar refractivity (Wildman–Crippen MR) is 70.4 cm³/mol. The van der Waals surface area contributed by atoms with Crippen molar-refractivity contribution in [3.8, 4) is 0 Å². The Labute approximate surface area is 101 Å². The topological polar surface area (TPSA) is 24.9 Å². The van der Waals surface area contributed by atoms with Crippen molar-refractivity contribution in [2.45, 2.75) is 20.3 Å². The Morgan fingerprint density at radius 2 is 2.06 bits per heavy atom. The molecule has 16 heavy (non-hydrogen) atoms. The van der Waals surface area contributed by atoms with Crippen LogP contribution >= 0.6 is 11.6 Å². The number of aromatic nitrogens is 1.